The summed E-state index contributed by atoms with van der Waals surface area (Å²) in [5.41, 5.74) is 3.03. The minimum atomic E-state index is -0.721. The van der Waals surface area contributed by atoms with Gasteiger partial charge in [0, 0.05) is 48.8 Å². The first kappa shape index (κ1) is 12.6. The van der Waals surface area contributed by atoms with Crippen molar-refractivity contribution in [3.05, 3.63) is 42.9 Å². The predicted octanol–water partition coefficient (Wildman–Crippen LogP) is 2.05. The molecule has 0 atom stereocenters. The summed E-state index contributed by atoms with van der Waals surface area (Å²) >= 11 is 0. The van der Waals surface area contributed by atoms with Crippen LogP contribution in [-0.2, 0) is 4.79 Å². The average Bonchev–Trinajstić information content (AvgIpc) is 2.43. The van der Waals surface area contributed by atoms with Crippen molar-refractivity contribution in [1.82, 2.24) is 9.97 Å². The highest BCUT2D eigenvalue weighted by molar-refractivity contribution is 5.68. The van der Waals surface area contributed by atoms with E-state index in [1.54, 1.807) is 18.6 Å². The lowest BCUT2D eigenvalue weighted by molar-refractivity contribution is -0.138. The Morgan fingerprint density at radius 2 is 2.00 bits per heavy atom. The molecule has 2 aromatic rings. The van der Waals surface area contributed by atoms with E-state index in [-0.39, 0.29) is 12.3 Å². The van der Waals surface area contributed by atoms with Crippen LogP contribution < -0.4 is 4.90 Å². The molecule has 3 rings (SSSR count). The summed E-state index contributed by atoms with van der Waals surface area (Å²) in [6.45, 7) is 1.60. The van der Waals surface area contributed by atoms with Gasteiger partial charge in [-0.15, -0.1) is 0 Å². The number of carboxylic acids is 1. The largest absolute Gasteiger partial charge is 0.481 e. The highest BCUT2D eigenvalue weighted by atomic mass is 16.4. The van der Waals surface area contributed by atoms with Crippen molar-refractivity contribution in [3.8, 4) is 11.3 Å². The molecule has 0 saturated carbocycles. The van der Waals surface area contributed by atoms with E-state index in [9.17, 15) is 4.79 Å². The van der Waals surface area contributed by atoms with Crippen LogP contribution in [0.3, 0.4) is 0 Å². The van der Waals surface area contributed by atoms with Gasteiger partial charge >= 0.3 is 5.97 Å². The van der Waals surface area contributed by atoms with Crippen LogP contribution in [0.15, 0.2) is 42.9 Å². The van der Waals surface area contributed by atoms with Gasteiger partial charge in [0.15, 0.2) is 0 Å². The third-order valence-corrected chi connectivity index (χ3v) is 3.51. The molecule has 5 heteroatoms. The molecule has 1 fully saturated rings. The number of carbonyl (C=O) groups is 1. The second-order valence-electron chi connectivity index (χ2n) is 5.00. The fourth-order valence-corrected chi connectivity index (χ4v) is 2.45. The monoisotopic (exact) mass is 269 g/mol. The lowest BCUT2D eigenvalue weighted by atomic mass is 9.95. The number of aliphatic carboxylic acids is 1. The first-order chi connectivity index (χ1) is 9.72. The lowest BCUT2D eigenvalue weighted by Gasteiger charge is -2.40. The van der Waals surface area contributed by atoms with Gasteiger partial charge in [-0.1, -0.05) is 0 Å². The second-order valence-corrected chi connectivity index (χ2v) is 5.00. The maximum atomic E-state index is 10.7. The molecule has 0 spiro atoms. The Hall–Kier alpha value is -2.43. The smallest absolute Gasteiger partial charge is 0.303 e. The van der Waals surface area contributed by atoms with Gasteiger partial charge < -0.3 is 10.0 Å². The Balaban J connectivity index is 1.72. The Morgan fingerprint density at radius 3 is 2.70 bits per heavy atom. The number of hydrogen-bond donors (Lipinski definition) is 1. The normalized spacial score (nSPS) is 14.9. The van der Waals surface area contributed by atoms with Crippen LogP contribution in [0.4, 0.5) is 5.69 Å². The zero-order valence-corrected chi connectivity index (χ0v) is 10.9. The Bertz CT molecular complexity index is 610. The standard InChI is InChI=1S/C15H15N3O2/c19-15(20)7-11-9-18(10-11)13-3-6-17-14(8-13)12-1-4-16-5-2-12/h1-6,8,11H,7,9-10H2,(H,19,20). The molecule has 102 valence electrons. The molecular formula is C15H15N3O2. The zero-order valence-electron chi connectivity index (χ0n) is 10.9. The summed E-state index contributed by atoms with van der Waals surface area (Å²) in [6.07, 6.45) is 5.53. The third kappa shape index (κ3) is 2.61. The number of hydrogen-bond acceptors (Lipinski definition) is 4. The van der Waals surface area contributed by atoms with Gasteiger partial charge in [0.2, 0.25) is 0 Å². The molecule has 0 aliphatic carbocycles. The van der Waals surface area contributed by atoms with E-state index in [0.717, 1.165) is 30.0 Å². The first-order valence-electron chi connectivity index (χ1n) is 6.55. The van der Waals surface area contributed by atoms with E-state index in [0.29, 0.717) is 0 Å². The molecule has 0 bridgehead atoms. The van der Waals surface area contributed by atoms with E-state index < -0.39 is 5.97 Å². The van der Waals surface area contributed by atoms with Crippen LogP contribution >= 0.6 is 0 Å². The molecule has 1 N–H and O–H groups in total. The van der Waals surface area contributed by atoms with Crippen molar-refractivity contribution in [2.45, 2.75) is 6.42 Å². The number of carboxylic acid groups (broad SMARTS) is 1. The molecule has 3 heterocycles. The zero-order chi connectivity index (χ0) is 13.9. The van der Waals surface area contributed by atoms with Gasteiger partial charge in [-0.2, -0.15) is 0 Å². The van der Waals surface area contributed by atoms with Crippen LogP contribution in [-0.4, -0.2) is 34.1 Å². The quantitative estimate of drug-likeness (QED) is 0.920. The summed E-state index contributed by atoms with van der Waals surface area (Å²) in [4.78, 5) is 21.2. The molecule has 1 saturated heterocycles. The van der Waals surface area contributed by atoms with E-state index in [2.05, 4.69) is 14.9 Å². The number of pyridine rings is 2. The molecule has 5 nitrogen and oxygen atoms in total. The minimum absolute atomic E-state index is 0.249. The second kappa shape index (κ2) is 5.28. The molecule has 1 aliphatic heterocycles. The van der Waals surface area contributed by atoms with E-state index in [1.165, 1.54) is 0 Å². The Labute approximate surface area is 116 Å². The maximum Gasteiger partial charge on any atom is 0.303 e. The van der Waals surface area contributed by atoms with Crippen LogP contribution in [0.5, 0.6) is 0 Å². The van der Waals surface area contributed by atoms with Gasteiger partial charge in [0.1, 0.15) is 0 Å². The number of rotatable bonds is 4. The highest BCUT2D eigenvalue weighted by Crippen LogP contribution is 2.28. The van der Waals surface area contributed by atoms with Gasteiger partial charge in [-0.25, -0.2) is 0 Å². The average molecular weight is 269 g/mol. The lowest BCUT2D eigenvalue weighted by Crippen LogP contribution is -2.47. The number of anilines is 1. The van der Waals surface area contributed by atoms with Crippen molar-refractivity contribution in [2.75, 3.05) is 18.0 Å². The molecule has 2 aromatic heterocycles. The number of nitrogens with zero attached hydrogens (tertiary/aromatic N) is 3. The van der Waals surface area contributed by atoms with Crippen molar-refractivity contribution in [1.29, 1.82) is 0 Å². The van der Waals surface area contributed by atoms with Crippen molar-refractivity contribution in [3.63, 3.8) is 0 Å². The molecule has 0 unspecified atom stereocenters. The molecule has 1 aliphatic rings. The SMILES string of the molecule is O=C(O)CC1CN(c2ccnc(-c3ccncc3)c2)C1. The van der Waals surface area contributed by atoms with Crippen molar-refractivity contribution < 1.29 is 9.90 Å². The fourth-order valence-electron chi connectivity index (χ4n) is 2.45. The van der Waals surface area contributed by atoms with E-state index in [4.69, 9.17) is 5.11 Å². The highest BCUT2D eigenvalue weighted by Gasteiger charge is 2.28. The first-order valence-corrected chi connectivity index (χ1v) is 6.55. The Kier molecular flexibility index (Phi) is 3.33. The summed E-state index contributed by atoms with van der Waals surface area (Å²) in [7, 11) is 0. The van der Waals surface area contributed by atoms with Crippen LogP contribution in [0.2, 0.25) is 0 Å². The van der Waals surface area contributed by atoms with E-state index >= 15 is 0 Å². The van der Waals surface area contributed by atoms with E-state index in [1.807, 2.05) is 24.3 Å². The Morgan fingerprint density at radius 1 is 1.25 bits per heavy atom. The summed E-state index contributed by atoms with van der Waals surface area (Å²) in [5.74, 6) is -0.466. The minimum Gasteiger partial charge on any atom is -0.481 e. The number of aromatic nitrogens is 2. The molecule has 0 radical (unpaired) electrons. The third-order valence-electron chi connectivity index (χ3n) is 3.51. The fraction of sp³-hybridized carbons (Fsp3) is 0.267. The molecule has 0 aromatic carbocycles. The maximum absolute atomic E-state index is 10.7. The topological polar surface area (TPSA) is 66.3 Å². The molecule has 20 heavy (non-hydrogen) atoms. The van der Waals surface area contributed by atoms with Gasteiger partial charge in [-0.3, -0.25) is 14.8 Å². The van der Waals surface area contributed by atoms with Gasteiger partial charge in [0.05, 0.1) is 12.1 Å². The van der Waals surface area contributed by atoms with Crippen molar-refractivity contribution in [2.24, 2.45) is 5.92 Å². The summed E-state index contributed by atoms with van der Waals surface area (Å²) in [5, 5.41) is 8.76. The summed E-state index contributed by atoms with van der Waals surface area (Å²) < 4.78 is 0. The molecule has 0 amide bonds. The van der Waals surface area contributed by atoms with Crippen LogP contribution in [0.1, 0.15) is 6.42 Å². The predicted molar refractivity (Wildman–Crippen MR) is 75.4 cm³/mol. The van der Waals surface area contributed by atoms with Gasteiger partial charge in [-0.05, 0) is 24.3 Å². The molecular weight excluding hydrogens is 254 g/mol. The summed E-state index contributed by atoms with van der Waals surface area (Å²) in [6, 6.07) is 7.85. The van der Waals surface area contributed by atoms with Gasteiger partial charge in [0.25, 0.3) is 0 Å². The van der Waals surface area contributed by atoms with Crippen LogP contribution in [0, 0.1) is 5.92 Å². The van der Waals surface area contributed by atoms with Crippen molar-refractivity contribution >= 4 is 11.7 Å². The van der Waals surface area contributed by atoms with Crippen LogP contribution in [0.25, 0.3) is 11.3 Å².